The van der Waals surface area contributed by atoms with Crippen LogP contribution in [-0.2, 0) is 11.3 Å². The van der Waals surface area contributed by atoms with Gasteiger partial charge in [0.05, 0.1) is 11.4 Å². The first-order valence-corrected chi connectivity index (χ1v) is 9.44. The fraction of sp³-hybridized carbons (Fsp3) is 0.273. The Morgan fingerprint density at radius 2 is 1.89 bits per heavy atom. The topological polar surface area (TPSA) is 71.0 Å². The van der Waals surface area contributed by atoms with Crippen molar-refractivity contribution in [2.45, 2.75) is 19.4 Å². The van der Waals surface area contributed by atoms with Crippen LogP contribution in [0.15, 0.2) is 54.9 Å². The summed E-state index contributed by atoms with van der Waals surface area (Å²) in [6.07, 6.45) is 5.63. The van der Waals surface area contributed by atoms with Gasteiger partial charge in [0.25, 0.3) is 0 Å². The van der Waals surface area contributed by atoms with Crippen LogP contribution in [0.1, 0.15) is 18.4 Å². The number of carbonyl (C=O) groups is 1. The molecule has 3 aromatic rings. The van der Waals surface area contributed by atoms with Gasteiger partial charge in [-0.2, -0.15) is 0 Å². The number of anilines is 1. The van der Waals surface area contributed by atoms with E-state index in [0.717, 1.165) is 40.9 Å². The normalized spacial score (nSPS) is 13.2. The van der Waals surface area contributed by atoms with Crippen molar-refractivity contribution in [3.8, 4) is 22.5 Å². The van der Waals surface area contributed by atoms with Crippen LogP contribution < -0.4 is 10.2 Å². The molecule has 1 aliphatic rings. The summed E-state index contributed by atoms with van der Waals surface area (Å²) in [6.45, 7) is 0.551. The number of benzene rings is 1. The molecule has 0 saturated heterocycles. The van der Waals surface area contributed by atoms with Crippen molar-refractivity contribution < 1.29 is 4.79 Å². The Hall–Kier alpha value is -3.28. The standard InChI is InChI=1S/C22H23N5O/c1-27(2)22-25-14-18(19-5-3-4-12-23-19)20(26-22)16-8-6-15(7-9-16)13-24-21(28)17-10-11-17/h3-9,12,14,17H,10-11,13H2,1-2H3,(H,24,28). The number of aromatic nitrogens is 3. The molecule has 1 N–H and O–H groups in total. The lowest BCUT2D eigenvalue weighted by atomic mass is 10.0. The van der Waals surface area contributed by atoms with Crippen molar-refractivity contribution in [3.05, 3.63) is 60.4 Å². The van der Waals surface area contributed by atoms with Crippen LogP contribution in [0.25, 0.3) is 22.5 Å². The van der Waals surface area contributed by atoms with Crippen LogP contribution >= 0.6 is 0 Å². The molecule has 1 fully saturated rings. The summed E-state index contributed by atoms with van der Waals surface area (Å²) in [5.74, 6) is 1.04. The molecular weight excluding hydrogens is 350 g/mol. The Kier molecular flexibility index (Phi) is 5.02. The van der Waals surface area contributed by atoms with E-state index in [1.165, 1.54) is 0 Å². The van der Waals surface area contributed by atoms with Crippen LogP contribution in [0.5, 0.6) is 0 Å². The molecule has 28 heavy (non-hydrogen) atoms. The minimum Gasteiger partial charge on any atom is -0.352 e. The van der Waals surface area contributed by atoms with Crippen molar-refractivity contribution in [1.82, 2.24) is 20.3 Å². The lowest BCUT2D eigenvalue weighted by Crippen LogP contribution is -2.24. The molecule has 0 bridgehead atoms. The molecule has 0 radical (unpaired) electrons. The predicted molar refractivity (Wildman–Crippen MR) is 110 cm³/mol. The van der Waals surface area contributed by atoms with E-state index in [1.54, 1.807) is 6.20 Å². The molecule has 2 aromatic heterocycles. The number of nitrogens with one attached hydrogen (secondary N) is 1. The largest absolute Gasteiger partial charge is 0.352 e. The zero-order valence-electron chi connectivity index (χ0n) is 16.1. The molecule has 4 rings (SSSR count). The number of amides is 1. The van der Waals surface area contributed by atoms with Gasteiger partial charge in [-0.25, -0.2) is 9.97 Å². The molecule has 0 spiro atoms. The number of nitrogens with zero attached hydrogens (tertiary/aromatic N) is 4. The van der Waals surface area contributed by atoms with Gasteiger partial charge in [-0.1, -0.05) is 30.3 Å². The van der Waals surface area contributed by atoms with Gasteiger partial charge in [0.15, 0.2) is 0 Å². The molecule has 1 amide bonds. The number of pyridine rings is 1. The minimum atomic E-state index is 0.160. The summed E-state index contributed by atoms with van der Waals surface area (Å²) in [4.78, 5) is 27.4. The van der Waals surface area contributed by atoms with Gasteiger partial charge < -0.3 is 10.2 Å². The molecular formula is C22H23N5O. The van der Waals surface area contributed by atoms with Crippen LogP contribution in [-0.4, -0.2) is 35.0 Å². The Balaban J connectivity index is 1.63. The van der Waals surface area contributed by atoms with Crippen molar-refractivity contribution in [2.75, 3.05) is 19.0 Å². The van der Waals surface area contributed by atoms with Crippen molar-refractivity contribution in [1.29, 1.82) is 0 Å². The van der Waals surface area contributed by atoms with Crippen LogP contribution in [0.2, 0.25) is 0 Å². The lowest BCUT2D eigenvalue weighted by molar-refractivity contribution is -0.122. The molecule has 142 valence electrons. The van der Waals surface area contributed by atoms with E-state index in [9.17, 15) is 4.79 Å². The van der Waals surface area contributed by atoms with Gasteiger partial charge in [-0.15, -0.1) is 0 Å². The zero-order valence-corrected chi connectivity index (χ0v) is 16.1. The molecule has 0 unspecified atom stereocenters. The summed E-state index contributed by atoms with van der Waals surface area (Å²) in [7, 11) is 3.84. The maximum absolute atomic E-state index is 11.8. The smallest absolute Gasteiger partial charge is 0.225 e. The second kappa shape index (κ2) is 7.76. The quantitative estimate of drug-likeness (QED) is 0.718. The highest BCUT2D eigenvalue weighted by Gasteiger charge is 2.29. The molecule has 0 atom stereocenters. The SMILES string of the molecule is CN(C)c1ncc(-c2ccccn2)c(-c2ccc(CNC(=O)C3CC3)cc2)n1. The fourth-order valence-corrected chi connectivity index (χ4v) is 2.98. The first-order valence-electron chi connectivity index (χ1n) is 9.44. The number of hydrogen-bond donors (Lipinski definition) is 1. The maximum Gasteiger partial charge on any atom is 0.225 e. The van der Waals surface area contributed by atoms with Crippen LogP contribution in [0.4, 0.5) is 5.95 Å². The highest BCUT2D eigenvalue weighted by Crippen LogP contribution is 2.31. The van der Waals surface area contributed by atoms with Gasteiger partial charge in [0.2, 0.25) is 11.9 Å². The Morgan fingerprint density at radius 1 is 1.11 bits per heavy atom. The maximum atomic E-state index is 11.8. The van der Waals surface area contributed by atoms with E-state index in [2.05, 4.69) is 15.3 Å². The highest BCUT2D eigenvalue weighted by atomic mass is 16.2. The molecule has 2 heterocycles. The minimum absolute atomic E-state index is 0.160. The Labute approximate surface area is 164 Å². The van der Waals surface area contributed by atoms with Gasteiger partial charge in [0.1, 0.15) is 0 Å². The Morgan fingerprint density at radius 3 is 2.54 bits per heavy atom. The summed E-state index contributed by atoms with van der Waals surface area (Å²) in [5.41, 5.74) is 4.62. The molecule has 6 heteroatoms. The molecule has 1 aliphatic carbocycles. The lowest BCUT2D eigenvalue weighted by Gasteiger charge is -2.14. The molecule has 1 saturated carbocycles. The van der Waals surface area contributed by atoms with Gasteiger partial charge in [-0.3, -0.25) is 9.78 Å². The third-order valence-electron chi connectivity index (χ3n) is 4.76. The van der Waals surface area contributed by atoms with Crippen LogP contribution in [0, 0.1) is 5.92 Å². The van der Waals surface area contributed by atoms with E-state index in [4.69, 9.17) is 4.98 Å². The van der Waals surface area contributed by atoms with Crippen molar-refractivity contribution in [2.24, 2.45) is 5.92 Å². The second-order valence-corrected chi connectivity index (χ2v) is 7.23. The number of hydrogen-bond acceptors (Lipinski definition) is 5. The van der Waals surface area contributed by atoms with Gasteiger partial charge in [0, 0.05) is 50.1 Å². The Bertz CT molecular complexity index is 966. The predicted octanol–water partition coefficient (Wildman–Crippen LogP) is 3.30. The summed E-state index contributed by atoms with van der Waals surface area (Å²) >= 11 is 0. The first kappa shape index (κ1) is 18.1. The van der Waals surface area contributed by atoms with Gasteiger partial charge in [-0.05, 0) is 30.5 Å². The fourth-order valence-electron chi connectivity index (χ4n) is 2.98. The molecule has 0 aliphatic heterocycles. The molecule has 1 aromatic carbocycles. The monoisotopic (exact) mass is 373 g/mol. The van der Waals surface area contributed by atoms with E-state index in [1.807, 2.05) is 67.7 Å². The van der Waals surface area contributed by atoms with E-state index >= 15 is 0 Å². The average Bonchev–Trinajstić information content (AvgIpc) is 3.58. The second-order valence-electron chi connectivity index (χ2n) is 7.23. The first-order chi connectivity index (χ1) is 13.6. The van der Waals surface area contributed by atoms with E-state index in [0.29, 0.717) is 12.5 Å². The summed E-state index contributed by atoms with van der Waals surface area (Å²) in [6, 6.07) is 13.9. The van der Waals surface area contributed by atoms with Crippen molar-refractivity contribution in [3.63, 3.8) is 0 Å². The number of carbonyl (C=O) groups excluding carboxylic acids is 1. The third-order valence-corrected chi connectivity index (χ3v) is 4.76. The summed E-state index contributed by atoms with van der Waals surface area (Å²) < 4.78 is 0. The number of rotatable bonds is 6. The zero-order chi connectivity index (χ0) is 19.5. The van der Waals surface area contributed by atoms with Crippen molar-refractivity contribution >= 4 is 11.9 Å². The van der Waals surface area contributed by atoms with Gasteiger partial charge >= 0.3 is 0 Å². The molecule has 6 nitrogen and oxygen atoms in total. The third kappa shape index (κ3) is 4.01. The van der Waals surface area contributed by atoms with Crippen LogP contribution in [0.3, 0.4) is 0 Å². The van der Waals surface area contributed by atoms with E-state index < -0.39 is 0 Å². The highest BCUT2D eigenvalue weighted by molar-refractivity contribution is 5.81. The average molecular weight is 373 g/mol. The summed E-state index contributed by atoms with van der Waals surface area (Å²) in [5, 5.41) is 3.00. The van der Waals surface area contributed by atoms with E-state index in [-0.39, 0.29) is 11.8 Å².